The molecule has 3 rings (SSSR count). The molecule has 1 aromatic heterocycles. The molecule has 0 atom stereocenters. The minimum Gasteiger partial charge on any atom is -0.379 e. The Bertz CT molecular complexity index is 517. The van der Waals surface area contributed by atoms with Gasteiger partial charge in [0.2, 0.25) is 0 Å². The Hall–Kier alpha value is -0.970. The van der Waals surface area contributed by atoms with E-state index in [1.54, 1.807) is 11.3 Å². The van der Waals surface area contributed by atoms with Crippen LogP contribution in [0.2, 0.25) is 0 Å². The van der Waals surface area contributed by atoms with Crippen molar-refractivity contribution in [3.8, 4) is 0 Å². The van der Waals surface area contributed by atoms with E-state index in [-0.39, 0.29) is 0 Å². The summed E-state index contributed by atoms with van der Waals surface area (Å²) < 4.78 is 6.66. The molecule has 0 spiro atoms. The molecule has 2 aromatic rings. The maximum absolute atomic E-state index is 5.36. The van der Waals surface area contributed by atoms with Gasteiger partial charge >= 0.3 is 0 Å². The third-order valence-corrected chi connectivity index (χ3v) is 4.00. The lowest BCUT2D eigenvalue weighted by atomic mass is 10.2. The van der Waals surface area contributed by atoms with E-state index in [0.717, 1.165) is 43.4 Å². The average molecular weight is 248 g/mol. The molecule has 0 bridgehead atoms. The predicted molar refractivity (Wildman–Crippen MR) is 70.5 cm³/mol. The van der Waals surface area contributed by atoms with Crippen molar-refractivity contribution in [1.29, 1.82) is 0 Å². The van der Waals surface area contributed by atoms with Crippen LogP contribution in [0.4, 0.5) is 0 Å². The van der Waals surface area contributed by atoms with Crippen LogP contribution in [0, 0.1) is 6.92 Å². The summed E-state index contributed by atoms with van der Waals surface area (Å²) in [5, 5.41) is 1.14. The molecule has 1 aliphatic heterocycles. The number of fused-ring (bicyclic) bond motifs is 1. The summed E-state index contributed by atoms with van der Waals surface area (Å²) >= 11 is 1.77. The van der Waals surface area contributed by atoms with Gasteiger partial charge in [0.1, 0.15) is 0 Å². The van der Waals surface area contributed by atoms with Gasteiger partial charge in [0.15, 0.2) is 0 Å². The first kappa shape index (κ1) is 11.1. The maximum Gasteiger partial charge on any atom is 0.0907 e. The third kappa shape index (κ3) is 2.49. The van der Waals surface area contributed by atoms with Gasteiger partial charge in [0.05, 0.1) is 28.4 Å². The van der Waals surface area contributed by atoms with Gasteiger partial charge in [-0.05, 0) is 24.6 Å². The largest absolute Gasteiger partial charge is 0.379 e. The third-order valence-electron chi connectivity index (χ3n) is 3.07. The SMILES string of the molecule is Cc1nc2ccc(CN3CCOCC3)cc2s1. The minimum atomic E-state index is 0.863. The number of nitrogens with zero attached hydrogens (tertiary/aromatic N) is 2. The van der Waals surface area contributed by atoms with Crippen molar-refractivity contribution in [1.82, 2.24) is 9.88 Å². The summed E-state index contributed by atoms with van der Waals surface area (Å²) in [6.07, 6.45) is 0. The molecule has 0 unspecified atom stereocenters. The summed E-state index contributed by atoms with van der Waals surface area (Å²) in [7, 11) is 0. The van der Waals surface area contributed by atoms with Crippen LogP contribution in [0.15, 0.2) is 18.2 Å². The Balaban J connectivity index is 1.79. The normalized spacial score (nSPS) is 17.7. The molecule has 4 heteroatoms. The lowest BCUT2D eigenvalue weighted by molar-refractivity contribution is 0.0342. The fraction of sp³-hybridized carbons (Fsp3) is 0.462. The van der Waals surface area contributed by atoms with Gasteiger partial charge in [-0.2, -0.15) is 0 Å². The zero-order chi connectivity index (χ0) is 11.7. The van der Waals surface area contributed by atoms with E-state index in [4.69, 9.17) is 4.74 Å². The quantitative estimate of drug-likeness (QED) is 0.816. The Morgan fingerprint density at radius 1 is 1.35 bits per heavy atom. The molecule has 1 aromatic carbocycles. The fourth-order valence-corrected chi connectivity index (χ4v) is 3.09. The molecule has 1 fully saturated rings. The average Bonchev–Trinajstić information content (AvgIpc) is 2.70. The number of morpholine rings is 1. The molecular formula is C13H16N2OS. The molecule has 0 aliphatic carbocycles. The molecular weight excluding hydrogens is 232 g/mol. The molecule has 0 N–H and O–H groups in total. The van der Waals surface area contributed by atoms with Crippen molar-refractivity contribution in [3.05, 3.63) is 28.8 Å². The number of benzene rings is 1. The molecule has 90 valence electrons. The molecule has 1 saturated heterocycles. The van der Waals surface area contributed by atoms with Gasteiger partial charge in [0.25, 0.3) is 0 Å². The van der Waals surface area contributed by atoms with E-state index < -0.39 is 0 Å². The first-order chi connectivity index (χ1) is 8.31. The van der Waals surface area contributed by atoms with Crippen LogP contribution in [0.1, 0.15) is 10.6 Å². The van der Waals surface area contributed by atoms with E-state index in [0.29, 0.717) is 0 Å². The van der Waals surface area contributed by atoms with Gasteiger partial charge in [0, 0.05) is 19.6 Å². The van der Waals surface area contributed by atoms with Crippen LogP contribution in [-0.2, 0) is 11.3 Å². The summed E-state index contributed by atoms with van der Waals surface area (Å²) in [5.41, 5.74) is 2.50. The summed E-state index contributed by atoms with van der Waals surface area (Å²) in [6, 6.07) is 6.60. The molecule has 3 nitrogen and oxygen atoms in total. The van der Waals surface area contributed by atoms with Crippen molar-refractivity contribution < 1.29 is 4.74 Å². The van der Waals surface area contributed by atoms with Gasteiger partial charge in [-0.15, -0.1) is 11.3 Å². The van der Waals surface area contributed by atoms with E-state index >= 15 is 0 Å². The second-order valence-corrected chi connectivity index (χ2v) is 5.66. The molecule has 1 aliphatic rings. The first-order valence-electron chi connectivity index (χ1n) is 5.97. The number of ether oxygens (including phenoxy) is 1. The van der Waals surface area contributed by atoms with Crippen molar-refractivity contribution in [2.24, 2.45) is 0 Å². The van der Waals surface area contributed by atoms with Crippen LogP contribution in [0.25, 0.3) is 10.2 Å². The summed E-state index contributed by atoms with van der Waals surface area (Å²) in [6.45, 7) is 6.89. The fourth-order valence-electron chi connectivity index (χ4n) is 2.20. The number of hydrogen-bond donors (Lipinski definition) is 0. The number of hydrogen-bond acceptors (Lipinski definition) is 4. The highest BCUT2D eigenvalue weighted by Crippen LogP contribution is 2.23. The molecule has 0 radical (unpaired) electrons. The number of rotatable bonds is 2. The van der Waals surface area contributed by atoms with Gasteiger partial charge in [-0.3, -0.25) is 4.90 Å². The standard InChI is InChI=1S/C13H16N2OS/c1-10-14-12-3-2-11(8-13(12)17-10)9-15-4-6-16-7-5-15/h2-3,8H,4-7,9H2,1H3. The van der Waals surface area contributed by atoms with Crippen LogP contribution in [0.3, 0.4) is 0 Å². The second-order valence-electron chi connectivity index (χ2n) is 4.42. The van der Waals surface area contributed by atoms with Crippen LogP contribution >= 0.6 is 11.3 Å². The highest BCUT2D eigenvalue weighted by atomic mass is 32.1. The number of aryl methyl sites for hydroxylation is 1. The predicted octanol–water partition coefficient (Wildman–Crippen LogP) is 2.44. The zero-order valence-electron chi connectivity index (χ0n) is 9.98. The van der Waals surface area contributed by atoms with E-state index in [9.17, 15) is 0 Å². The van der Waals surface area contributed by atoms with Gasteiger partial charge in [-0.1, -0.05) is 6.07 Å². The Morgan fingerprint density at radius 3 is 3.00 bits per heavy atom. The highest BCUT2D eigenvalue weighted by molar-refractivity contribution is 7.18. The highest BCUT2D eigenvalue weighted by Gasteiger charge is 2.11. The Labute approximate surface area is 105 Å². The van der Waals surface area contributed by atoms with E-state index in [2.05, 4.69) is 35.0 Å². The summed E-state index contributed by atoms with van der Waals surface area (Å²) in [5.74, 6) is 0. The lowest BCUT2D eigenvalue weighted by Crippen LogP contribution is -2.35. The molecule has 0 saturated carbocycles. The van der Waals surface area contributed by atoms with Crippen molar-refractivity contribution in [2.75, 3.05) is 26.3 Å². The van der Waals surface area contributed by atoms with E-state index in [1.807, 2.05) is 0 Å². The van der Waals surface area contributed by atoms with Crippen molar-refractivity contribution in [3.63, 3.8) is 0 Å². The number of thiazole rings is 1. The topological polar surface area (TPSA) is 25.4 Å². The Kier molecular flexibility index (Phi) is 3.09. The van der Waals surface area contributed by atoms with Crippen LogP contribution < -0.4 is 0 Å². The van der Waals surface area contributed by atoms with Gasteiger partial charge in [-0.25, -0.2) is 4.98 Å². The Morgan fingerprint density at radius 2 is 2.18 bits per heavy atom. The smallest absolute Gasteiger partial charge is 0.0907 e. The van der Waals surface area contributed by atoms with Crippen molar-refractivity contribution in [2.45, 2.75) is 13.5 Å². The van der Waals surface area contributed by atoms with Crippen LogP contribution in [-0.4, -0.2) is 36.2 Å². The molecule has 0 amide bonds. The van der Waals surface area contributed by atoms with E-state index in [1.165, 1.54) is 10.3 Å². The second kappa shape index (κ2) is 4.72. The number of aromatic nitrogens is 1. The monoisotopic (exact) mass is 248 g/mol. The lowest BCUT2D eigenvalue weighted by Gasteiger charge is -2.26. The molecule has 2 heterocycles. The summed E-state index contributed by atoms with van der Waals surface area (Å²) in [4.78, 5) is 6.93. The van der Waals surface area contributed by atoms with Gasteiger partial charge < -0.3 is 4.74 Å². The van der Waals surface area contributed by atoms with Crippen molar-refractivity contribution >= 4 is 21.6 Å². The van der Waals surface area contributed by atoms with Crippen LogP contribution in [0.5, 0.6) is 0 Å². The zero-order valence-corrected chi connectivity index (χ0v) is 10.8. The first-order valence-corrected chi connectivity index (χ1v) is 6.79. The minimum absolute atomic E-state index is 0.863. The molecule has 17 heavy (non-hydrogen) atoms. The maximum atomic E-state index is 5.36.